The van der Waals surface area contributed by atoms with Crippen LogP contribution in [0.1, 0.15) is 5.56 Å². The molecule has 0 atom stereocenters. The van der Waals surface area contributed by atoms with Gasteiger partial charge in [-0.05, 0) is 23.8 Å². The predicted octanol–water partition coefficient (Wildman–Crippen LogP) is 1.24. The molecule has 10 heteroatoms. The zero-order chi connectivity index (χ0) is 21.3. The first-order valence-corrected chi connectivity index (χ1v) is 9.28. The van der Waals surface area contributed by atoms with Gasteiger partial charge in [-0.1, -0.05) is 6.07 Å². The average Bonchev–Trinajstić information content (AvgIpc) is 3.22. The molecule has 0 saturated carbocycles. The summed E-state index contributed by atoms with van der Waals surface area (Å²) >= 11 is 0. The van der Waals surface area contributed by atoms with E-state index in [1.807, 2.05) is 12.1 Å². The minimum atomic E-state index is -1.26. The summed E-state index contributed by atoms with van der Waals surface area (Å²) in [6.45, 7) is 5.18. The summed E-state index contributed by atoms with van der Waals surface area (Å²) in [5.74, 6) is 0.00801. The van der Waals surface area contributed by atoms with E-state index in [-0.39, 0.29) is 0 Å². The average molecular weight is 414 g/mol. The third-order valence-electron chi connectivity index (χ3n) is 4.42. The molecule has 2 N–H and O–H groups in total. The molecule has 2 aliphatic rings. The lowest BCUT2D eigenvalue weighted by atomic mass is 10.1. The molecule has 10 nitrogen and oxygen atoms in total. The Hall–Kier alpha value is -3.66. The van der Waals surface area contributed by atoms with Gasteiger partial charge in [-0.25, -0.2) is 19.6 Å². The second-order valence-electron chi connectivity index (χ2n) is 6.51. The van der Waals surface area contributed by atoms with E-state index >= 15 is 0 Å². The van der Waals surface area contributed by atoms with Gasteiger partial charge in [-0.3, -0.25) is 4.90 Å². The summed E-state index contributed by atoms with van der Waals surface area (Å²) in [5, 5.41) is 15.6. The van der Waals surface area contributed by atoms with Crippen molar-refractivity contribution in [2.75, 3.05) is 37.9 Å². The van der Waals surface area contributed by atoms with Crippen LogP contribution in [0.5, 0.6) is 11.5 Å². The minimum Gasteiger partial charge on any atom is -0.478 e. The van der Waals surface area contributed by atoms with Crippen LogP contribution in [0, 0.1) is 0 Å². The Morgan fingerprint density at radius 1 is 0.967 bits per heavy atom. The molecule has 3 heterocycles. The molecule has 2 aliphatic heterocycles. The molecule has 1 aromatic heterocycles. The Morgan fingerprint density at radius 3 is 2.23 bits per heavy atom. The molecule has 2 aromatic rings. The summed E-state index contributed by atoms with van der Waals surface area (Å²) in [4.78, 5) is 32.4. The Morgan fingerprint density at radius 2 is 1.60 bits per heavy atom. The summed E-state index contributed by atoms with van der Waals surface area (Å²) in [6.07, 6.45) is 4.70. The number of benzene rings is 1. The van der Waals surface area contributed by atoms with Gasteiger partial charge in [0, 0.05) is 57.3 Å². The van der Waals surface area contributed by atoms with E-state index in [1.54, 1.807) is 12.4 Å². The van der Waals surface area contributed by atoms with Crippen molar-refractivity contribution in [2.24, 2.45) is 0 Å². The van der Waals surface area contributed by atoms with E-state index < -0.39 is 11.9 Å². The van der Waals surface area contributed by atoms with Gasteiger partial charge < -0.3 is 24.6 Å². The molecule has 158 valence electrons. The molecule has 0 radical (unpaired) electrons. The number of ether oxygens (including phenoxy) is 2. The summed E-state index contributed by atoms with van der Waals surface area (Å²) < 4.78 is 10.8. The Labute approximate surface area is 173 Å². The van der Waals surface area contributed by atoms with Gasteiger partial charge in [0.25, 0.3) is 0 Å². The third kappa shape index (κ3) is 6.17. The molecule has 0 bridgehead atoms. The highest BCUT2D eigenvalue weighted by atomic mass is 16.7. The van der Waals surface area contributed by atoms with Crippen molar-refractivity contribution in [2.45, 2.75) is 6.54 Å². The highest BCUT2D eigenvalue weighted by Gasteiger charge is 2.20. The van der Waals surface area contributed by atoms with Crippen LogP contribution in [-0.4, -0.2) is 70.0 Å². The quantitative estimate of drug-likeness (QED) is 0.690. The first kappa shape index (κ1) is 21.1. The summed E-state index contributed by atoms with van der Waals surface area (Å²) in [6, 6.07) is 8.03. The van der Waals surface area contributed by atoms with Crippen molar-refractivity contribution in [3.8, 4) is 11.5 Å². The molecule has 1 aromatic carbocycles. The lowest BCUT2D eigenvalue weighted by Gasteiger charge is -2.34. The second-order valence-corrected chi connectivity index (χ2v) is 6.51. The number of hydrogen-bond donors (Lipinski definition) is 2. The van der Waals surface area contributed by atoms with Crippen LogP contribution in [-0.2, 0) is 16.1 Å². The Balaban J connectivity index is 0.000000275. The Kier molecular flexibility index (Phi) is 7.17. The SMILES string of the molecule is O=C(O)C=CC(=O)O.c1cnc(N2CCN(Cc3ccc4c(c3)OCO4)CC2)nc1. The molecule has 30 heavy (non-hydrogen) atoms. The van der Waals surface area contributed by atoms with Crippen LogP contribution in [0.25, 0.3) is 0 Å². The number of hydrogen-bond acceptors (Lipinski definition) is 8. The molecule has 0 unspecified atom stereocenters. The number of piperazine rings is 1. The molecule has 0 spiro atoms. The van der Waals surface area contributed by atoms with Gasteiger partial charge in [-0.2, -0.15) is 0 Å². The number of anilines is 1. The zero-order valence-corrected chi connectivity index (χ0v) is 16.2. The van der Waals surface area contributed by atoms with Crippen LogP contribution >= 0.6 is 0 Å². The lowest BCUT2D eigenvalue weighted by Crippen LogP contribution is -2.46. The van der Waals surface area contributed by atoms with Crippen molar-refractivity contribution in [1.82, 2.24) is 14.9 Å². The first-order valence-electron chi connectivity index (χ1n) is 9.28. The Bertz CT molecular complexity index is 881. The predicted molar refractivity (Wildman–Crippen MR) is 106 cm³/mol. The molecule has 1 fully saturated rings. The number of rotatable bonds is 5. The van der Waals surface area contributed by atoms with Crippen LogP contribution in [0.3, 0.4) is 0 Å². The third-order valence-corrected chi connectivity index (χ3v) is 4.42. The van der Waals surface area contributed by atoms with Gasteiger partial charge >= 0.3 is 11.9 Å². The number of carbonyl (C=O) groups is 2. The van der Waals surface area contributed by atoms with E-state index in [0.717, 1.165) is 50.2 Å². The minimum absolute atomic E-state index is 0.328. The van der Waals surface area contributed by atoms with Crippen molar-refractivity contribution >= 4 is 17.9 Å². The van der Waals surface area contributed by atoms with E-state index in [1.165, 1.54) is 5.56 Å². The van der Waals surface area contributed by atoms with Gasteiger partial charge in [0.2, 0.25) is 12.7 Å². The van der Waals surface area contributed by atoms with Gasteiger partial charge in [0.1, 0.15) is 0 Å². The monoisotopic (exact) mass is 414 g/mol. The topological polar surface area (TPSA) is 125 Å². The van der Waals surface area contributed by atoms with Gasteiger partial charge in [-0.15, -0.1) is 0 Å². The number of nitrogens with zero attached hydrogens (tertiary/aromatic N) is 4. The number of carboxylic acid groups (broad SMARTS) is 2. The van der Waals surface area contributed by atoms with Crippen LogP contribution in [0.2, 0.25) is 0 Å². The fourth-order valence-corrected chi connectivity index (χ4v) is 3.00. The smallest absolute Gasteiger partial charge is 0.328 e. The van der Waals surface area contributed by atoms with Crippen LogP contribution in [0.4, 0.5) is 5.95 Å². The van der Waals surface area contributed by atoms with Crippen molar-refractivity contribution in [3.05, 3.63) is 54.4 Å². The zero-order valence-electron chi connectivity index (χ0n) is 16.2. The standard InChI is InChI=1S/C16H18N4O2.C4H4O4/c1-4-17-16(18-5-1)20-8-6-19(7-9-20)11-13-2-3-14-15(10-13)22-12-21-14;5-3(6)1-2-4(7)8/h1-5,10H,6-9,11-12H2;1-2H,(H,5,6)(H,7,8). The lowest BCUT2D eigenvalue weighted by molar-refractivity contribution is -0.134. The van der Waals surface area contributed by atoms with Crippen LogP contribution in [0.15, 0.2) is 48.8 Å². The van der Waals surface area contributed by atoms with E-state index in [9.17, 15) is 9.59 Å². The van der Waals surface area contributed by atoms with Crippen LogP contribution < -0.4 is 14.4 Å². The highest BCUT2D eigenvalue weighted by Crippen LogP contribution is 2.32. The van der Waals surface area contributed by atoms with Crippen molar-refractivity contribution in [3.63, 3.8) is 0 Å². The number of fused-ring (bicyclic) bond motifs is 1. The molecular formula is C20H22N4O6. The molecular weight excluding hydrogens is 392 g/mol. The van der Waals surface area contributed by atoms with Gasteiger partial charge in [0.05, 0.1) is 0 Å². The molecule has 0 amide bonds. The fraction of sp³-hybridized carbons (Fsp3) is 0.300. The maximum absolute atomic E-state index is 9.55. The number of aliphatic carboxylic acids is 2. The molecule has 4 rings (SSSR count). The van der Waals surface area contributed by atoms with E-state index in [2.05, 4.69) is 31.9 Å². The number of carboxylic acids is 2. The highest BCUT2D eigenvalue weighted by molar-refractivity contribution is 5.89. The van der Waals surface area contributed by atoms with Crippen molar-refractivity contribution < 1.29 is 29.3 Å². The number of aromatic nitrogens is 2. The molecule has 0 aliphatic carbocycles. The summed E-state index contributed by atoms with van der Waals surface area (Å²) in [5.41, 5.74) is 1.26. The van der Waals surface area contributed by atoms with E-state index in [4.69, 9.17) is 19.7 Å². The maximum Gasteiger partial charge on any atom is 0.328 e. The maximum atomic E-state index is 9.55. The molecule has 1 saturated heterocycles. The fourth-order valence-electron chi connectivity index (χ4n) is 3.00. The normalized spacial score (nSPS) is 15.5. The largest absolute Gasteiger partial charge is 0.478 e. The first-order chi connectivity index (χ1) is 14.5. The van der Waals surface area contributed by atoms with E-state index in [0.29, 0.717) is 18.9 Å². The second kappa shape index (κ2) is 10.2. The van der Waals surface area contributed by atoms with Gasteiger partial charge in [0.15, 0.2) is 11.5 Å². The summed E-state index contributed by atoms with van der Waals surface area (Å²) in [7, 11) is 0. The van der Waals surface area contributed by atoms with Crippen molar-refractivity contribution in [1.29, 1.82) is 0 Å².